The molecule has 6 aromatic carbocycles. The largest absolute Gasteiger partial charge is 0.351 e. The molecule has 8 nitrogen and oxygen atoms in total. The molecular weight excluding hydrogens is 901 g/mol. The second-order valence-corrected chi connectivity index (χ2v) is 22.1. The lowest BCUT2D eigenvalue weighted by Crippen LogP contribution is -2.73. The molecule has 4 N–H and O–H groups in total. The van der Waals surface area contributed by atoms with Crippen LogP contribution in [0.2, 0.25) is 0 Å². The maximum atomic E-state index is 13.4. The zero-order chi connectivity index (χ0) is 49.2. The Morgan fingerprint density at radius 3 is 1.76 bits per heavy atom. The van der Waals surface area contributed by atoms with Gasteiger partial charge in [-0.3, -0.25) is 9.59 Å². The smallest absolute Gasteiger partial charge is 0.251 e. The van der Waals surface area contributed by atoms with Crippen molar-refractivity contribution in [2.45, 2.75) is 71.9 Å². The van der Waals surface area contributed by atoms with E-state index in [2.05, 4.69) is 219 Å². The first-order chi connectivity index (χ1) is 33.8. The average Bonchev–Trinajstić information content (AvgIpc) is 3.94. The molecule has 0 fully saturated rings. The SMILES string of the molecule is CCn1c2ccccc2c2cc(/C=C/CC(C)(C)c3cc(C(=O)NCCSSCCNC(=O)c4ccc5c(c4)C(C)(C)C(/C=C/c4ccc6c(c4)c4ccccc4n6CC)=[N+]5C)ccc3[NH2+]C)ccc21. The van der Waals surface area contributed by atoms with Gasteiger partial charge in [-0.2, -0.15) is 4.58 Å². The van der Waals surface area contributed by atoms with Gasteiger partial charge in [0.05, 0.1) is 12.5 Å². The second kappa shape index (κ2) is 20.6. The number of para-hydroxylation sites is 2. The fraction of sp³-hybridized carbons (Fsp3) is 0.283. The van der Waals surface area contributed by atoms with Crippen LogP contribution in [0, 0.1) is 0 Å². The summed E-state index contributed by atoms with van der Waals surface area (Å²) in [6, 6.07) is 42.9. The van der Waals surface area contributed by atoms with Gasteiger partial charge in [-0.1, -0.05) is 96.1 Å². The highest BCUT2D eigenvalue weighted by atomic mass is 33.1. The lowest BCUT2D eigenvalue weighted by Gasteiger charge is -2.25. The molecule has 0 radical (unpaired) electrons. The molecule has 10 heteroatoms. The Hall–Kier alpha value is -6.33. The molecule has 3 heterocycles. The van der Waals surface area contributed by atoms with Crippen molar-refractivity contribution in [2.24, 2.45) is 0 Å². The van der Waals surface area contributed by atoms with Crippen LogP contribution >= 0.6 is 21.6 Å². The Labute approximate surface area is 420 Å². The summed E-state index contributed by atoms with van der Waals surface area (Å²) >= 11 is 0. The number of carbonyl (C=O) groups is 2. The van der Waals surface area contributed by atoms with Crippen LogP contribution in [0.25, 0.3) is 55.8 Å². The van der Waals surface area contributed by atoms with Crippen LogP contribution in [0.4, 0.5) is 11.4 Å². The minimum absolute atomic E-state index is 0.0636. The number of nitrogens with one attached hydrogen (secondary N) is 2. The molecule has 0 unspecified atom stereocenters. The zero-order valence-electron chi connectivity index (χ0n) is 41.9. The molecule has 358 valence electrons. The third kappa shape index (κ3) is 9.49. The number of fused-ring (bicyclic) bond motifs is 7. The Bertz CT molecular complexity index is 3360. The van der Waals surface area contributed by atoms with Crippen molar-refractivity contribution in [1.82, 2.24) is 19.8 Å². The summed E-state index contributed by atoms with van der Waals surface area (Å²) in [5, 5.41) is 13.5. The maximum absolute atomic E-state index is 13.4. The van der Waals surface area contributed by atoms with Crippen LogP contribution in [0.1, 0.15) is 90.9 Å². The zero-order valence-corrected chi connectivity index (χ0v) is 43.5. The molecule has 2 amide bonds. The minimum atomic E-state index is -0.287. The number of rotatable bonds is 18. The second-order valence-electron chi connectivity index (χ2n) is 19.4. The summed E-state index contributed by atoms with van der Waals surface area (Å²) in [5.74, 6) is 1.39. The van der Waals surface area contributed by atoms with Gasteiger partial charge in [0.25, 0.3) is 11.8 Å². The van der Waals surface area contributed by atoms with Gasteiger partial charge in [0.15, 0.2) is 5.71 Å². The van der Waals surface area contributed by atoms with E-state index in [0.29, 0.717) is 24.2 Å². The van der Waals surface area contributed by atoms with Crippen LogP contribution in [0.5, 0.6) is 0 Å². The number of benzene rings is 6. The topological polar surface area (TPSA) is 87.7 Å². The summed E-state index contributed by atoms with van der Waals surface area (Å²) in [6.07, 6.45) is 9.77. The van der Waals surface area contributed by atoms with Crippen molar-refractivity contribution in [3.63, 3.8) is 0 Å². The number of amides is 2. The number of hydrogen-bond acceptors (Lipinski definition) is 4. The summed E-state index contributed by atoms with van der Waals surface area (Å²) in [4.78, 5) is 26.8. The van der Waals surface area contributed by atoms with Crippen LogP contribution in [-0.2, 0) is 23.9 Å². The van der Waals surface area contributed by atoms with Crippen molar-refractivity contribution in [2.75, 3.05) is 38.7 Å². The fourth-order valence-corrected chi connectivity index (χ4v) is 12.4. The van der Waals surface area contributed by atoms with E-state index in [0.717, 1.165) is 59.1 Å². The Kier molecular flexibility index (Phi) is 14.3. The predicted molar refractivity (Wildman–Crippen MR) is 300 cm³/mol. The van der Waals surface area contributed by atoms with Crippen LogP contribution in [-0.4, -0.2) is 69.9 Å². The van der Waals surface area contributed by atoms with Gasteiger partial charge in [-0.25, -0.2) is 0 Å². The van der Waals surface area contributed by atoms with Crippen LogP contribution in [0.3, 0.4) is 0 Å². The van der Waals surface area contributed by atoms with Gasteiger partial charge >= 0.3 is 0 Å². The van der Waals surface area contributed by atoms with Gasteiger partial charge in [-0.05, 0) is 117 Å². The first-order valence-corrected chi connectivity index (χ1v) is 27.2. The summed E-state index contributed by atoms with van der Waals surface area (Å²) in [6.45, 7) is 16.3. The van der Waals surface area contributed by atoms with Gasteiger partial charge in [0, 0.05) is 122 Å². The Morgan fingerprint density at radius 1 is 0.657 bits per heavy atom. The molecule has 9 rings (SSSR count). The first kappa shape index (κ1) is 48.7. The van der Waals surface area contributed by atoms with E-state index in [1.54, 1.807) is 21.6 Å². The number of nitrogens with two attached hydrogens (primary N) is 1. The average molecular weight is 967 g/mol. The highest BCUT2D eigenvalue weighted by Gasteiger charge is 2.43. The number of quaternary nitrogens is 1. The maximum Gasteiger partial charge on any atom is 0.251 e. The van der Waals surface area contributed by atoms with E-state index >= 15 is 0 Å². The summed E-state index contributed by atoms with van der Waals surface area (Å²) < 4.78 is 7.01. The normalized spacial score (nSPS) is 13.8. The van der Waals surface area contributed by atoms with Crippen molar-refractivity contribution in [3.05, 3.63) is 167 Å². The number of allylic oxidation sites excluding steroid dienone is 2. The molecule has 1 aliphatic rings. The number of aryl methyl sites for hydroxylation is 2. The fourth-order valence-electron chi connectivity index (χ4n) is 10.6. The number of carbonyl (C=O) groups excluding carboxylic acids is 2. The van der Waals surface area contributed by atoms with Gasteiger partial charge in [0.2, 0.25) is 5.69 Å². The molecule has 2 aromatic heterocycles. The number of aromatic nitrogens is 2. The van der Waals surface area contributed by atoms with Gasteiger partial charge < -0.3 is 25.1 Å². The molecule has 0 atom stereocenters. The highest BCUT2D eigenvalue weighted by Crippen LogP contribution is 2.41. The molecule has 8 aromatic rings. The number of hydrogen-bond donors (Lipinski definition) is 3. The van der Waals surface area contributed by atoms with Crippen molar-refractivity contribution in [1.29, 1.82) is 0 Å². The van der Waals surface area contributed by atoms with E-state index in [4.69, 9.17) is 0 Å². The van der Waals surface area contributed by atoms with Crippen LogP contribution < -0.4 is 16.0 Å². The van der Waals surface area contributed by atoms with E-state index < -0.39 is 0 Å². The minimum Gasteiger partial charge on any atom is -0.351 e. The third-order valence-corrected chi connectivity index (χ3v) is 16.7. The van der Waals surface area contributed by atoms with Crippen molar-refractivity contribution >= 4 is 106 Å². The number of nitrogens with zero attached hydrogens (tertiary/aromatic N) is 3. The lowest BCUT2D eigenvalue weighted by molar-refractivity contribution is -0.540. The van der Waals surface area contributed by atoms with Crippen LogP contribution in [0.15, 0.2) is 133 Å². The summed E-state index contributed by atoms with van der Waals surface area (Å²) in [5.41, 5.74) is 14.0. The molecule has 0 bridgehead atoms. The molecular formula is C60H66N6O2S2+2. The van der Waals surface area contributed by atoms with E-state index in [1.807, 2.05) is 12.1 Å². The molecule has 0 saturated carbocycles. The van der Waals surface area contributed by atoms with Gasteiger partial charge in [-0.15, -0.1) is 0 Å². The third-order valence-electron chi connectivity index (χ3n) is 14.3. The Morgan fingerprint density at radius 2 is 1.19 bits per heavy atom. The lowest BCUT2D eigenvalue weighted by atomic mass is 9.79. The molecule has 0 spiro atoms. The quantitative estimate of drug-likeness (QED) is 0.0346. The molecule has 1 aliphatic heterocycles. The Balaban J connectivity index is 0.733. The van der Waals surface area contributed by atoms with E-state index in [-0.39, 0.29) is 22.6 Å². The summed E-state index contributed by atoms with van der Waals surface area (Å²) in [7, 11) is 7.58. The van der Waals surface area contributed by atoms with Gasteiger partial charge in [0.1, 0.15) is 12.7 Å². The first-order valence-electron chi connectivity index (χ1n) is 24.7. The van der Waals surface area contributed by atoms with Crippen molar-refractivity contribution < 1.29 is 19.5 Å². The predicted octanol–water partition coefficient (Wildman–Crippen LogP) is 12.4. The standard InChI is InChI=1S/C60H64N6O2S2/c1-9-65-51-19-13-11-17-44(51)46-36-40(21-27-53(46)65)16-15-31-59(3,4)48-38-42(24-26-50(48)61-7)57(67)62-32-34-69-70-35-33-63-58(68)43-25-29-55-49(39-43)60(5,6)56(64(55)8)30-23-41-22-28-54-47(37-41)45-18-12-14-20-52(45)66(54)10-2/h11-30,36-39H,9-10,31-35H2,1-8H3,(H2-,61,62,63,67,68)/p+2/b16-15+. The molecule has 70 heavy (non-hydrogen) atoms. The highest BCUT2D eigenvalue weighted by molar-refractivity contribution is 8.76. The molecule has 0 aliphatic carbocycles. The van der Waals surface area contributed by atoms with Crippen molar-refractivity contribution in [3.8, 4) is 0 Å². The monoisotopic (exact) mass is 966 g/mol. The molecule has 0 saturated heterocycles. The van der Waals surface area contributed by atoms with E-state index in [9.17, 15) is 9.59 Å². The van der Waals surface area contributed by atoms with E-state index in [1.165, 1.54) is 54.9 Å².